The number of halogens is 1. The van der Waals surface area contributed by atoms with Crippen LogP contribution in [-0.2, 0) is 4.79 Å². The van der Waals surface area contributed by atoms with E-state index in [2.05, 4.69) is 38.4 Å². The normalized spacial score (nSPS) is 11.6. The third-order valence-corrected chi connectivity index (χ3v) is 5.76. The van der Waals surface area contributed by atoms with E-state index in [0.717, 1.165) is 14.7 Å². The van der Waals surface area contributed by atoms with Gasteiger partial charge >= 0.3 is 0 Å². The molecule has 0 aromatic heterocycles. The molecule has 0 aliphatic heterocycles. The van der Waals surface area contributed by atoms with E-state index in [4.69, 9.17) is 9.47 Å². The highest BCUT2D eigenvalue weighted by molar-refractivity contribution is 14.1. The van der Waals surface area contributed by atoms with Crippen molar-refractivity contribution in [1.29, 1.82) is 0 Å². The Labute approximate surface area is 206 Å². The third kappa shape index (κ3) is 6.79. The number of hydrazone groups is 1. The maximum atomic E-state index is 12.7. The number of rotatable bonds is 9. The molecule has 0 spiro atoms. The van der Waals surface area contributed by atoms with Gasteiger partial charge in [-0.15, -0.1) is 0 Å². The molecule has 8 heteroatoms. The van der Waals surface area contributed by atoms with E-state index in [0.29, 0.717) is 17.1 Å². The molecule has 0 bridgehead atoms. The van der Waals surface area contributed by atoms with Gasteiger partial charge in [-0.2, -0.15) is 5.10 Å². The van der Waals surface area contributed by atoms with Crippen molar-refractivity contribution in [2.75, 3.05) is 14.2 Å². The fourth-order valence-corrected chi connectivity index (χ4v) is 3.72. The van der Waals surface area contributed by atoms with Gasteiger partial charge in [0, 0.05) is 14.7 Å². The van der Waals surface area contributed by atoms with Gasteiger partial charge in [0.25, 0.3) is 5.91 Å². The maximum Gasteiger partial charge on any atom is 0.251 e. The van der Waals surface area contributed by atoms with Crippen LogP contribution in [0, 0.1) is 3.57 Å². The van der Waals surface area contributed by atoms with Crippen molar-refractivity contribution >= 4 is 40.6 Å². The third-order valence-electron chi connectivity index (χ3n) is 4.83. The second kappa shape index (κ2) is 12.0. The van der Waals surface area contributed by atoms with Crippen molar-refractivity contribution < 1.29 is 19.1 Å². The second-order valence-electron chi connectivity index (χ2n) is 7.03. The first-order valence-electron chi connectivity index (χ1n) is 10.2. The minimum atomic E-state index is -0.504. The molecule has 3 aromatic rings. The smallest absolute Gasteiger partial charge is 0.251 e. The first kappa shape index (κ1) is 24.2. The Morgan fingerprint density at radius 1 is 0.970 bits per heavy atom. The van der Waals surface area contributed by atoms with E-state index in [9.17, 15) is 9.59 Å². The number of hydrogen-bond donors (Lipinski definition) is 2. The number of hydrogen-bond acceptors (Lipinski definition) is 5. The van der Waals surface area contributed by atoms with Gasteiger partial charge in [0.2, 0.25) is 5.91 Å². The Hall–Kier alpha value is -3.40. The number of carbonyl (C=O) groups is 2. The van der Waals surface area contributed by atoms with Crippen LogP contribution in [0.1, 0.15) is 33.9 Å². The number of methoxy groups -OCH3 is 2. The van der Waals surface area contributed by atoms with Gasteiger partial charge < -0.3 is 14.8 Å². The molecule has 7 nitrogen and oxygen atoms in total. The SMILES string of the molecule is COc1cc(I)c(/C=N\NC(=O)C[C@H](NC(=O)c2ccccc2)c2ccccc2)cc1OC. The molecule has 2 N–H and O–H groups in total. The summed E-state index contributed by atoms with van der Waals surface area (Å²) < 4.78 is 11.5. The van der Waals surface area contributed by atoms with Crippen LogP contribution in [0.5, 0.6) is 11.5 Å². The highest BCUT2D eigenvalue weighted by atomic mass is 127. The zero-order chi connectivity index (χ0) is 23.6. The first-order chi connectivity index (χ1) is 16.0. The van der Waals surface area contributed by atoms with Crippen molar-refractivity contribution in [2.24, 2.45) is 5.10 Å². The minimum absolute atomic E-state index is 0.0307. The zero-order valence-corrected chi connectivity index (χ0v) is 20.4. The summed E-state index contributed by atoms with van der Waals surface area (Å²) in [5, 5.41) is 7.02. The molecular formula is C25H24IN3O4. The highest BCUT2D eigenvalue weighted by Gasteiger charge is 2.19. The van der Waals surface area contributed by atoms with Crippen molar-refractivity contribution in [3.8, 4) is 11.5 Å². The summed E-state index contributed by atoms with van der Waals surface area (Å²) in [5.41, 5.74) is 4.67. The van der Waals surface area contributed by atoms with Crippen LogP contribution in [0.25, 0.3) is 0 Å². The molecular weight excluding hydrogens is 533 g/mol. The molecule has 33 heavy (non-hydrogen) atoms. The predicted octanol–water partition coefficient (Wildman–Crippen LogP) is 4.32. The van der Waals surface area contributed by atoms with Gasteiger partial charge in [-0.1, -0.05) is 48.5 Å². The monoisotopic (exact) mass is 557 g/mol. The van der Waals surface area contributed by atoms with E-state index >= 15 is 0 Å². The van der Waals surface area contributed by atoms with Crippen LogP contribution in [0.2, 0.25) is 0 Å². The first-order valence-corrected chi connectivity index (χ1v) is 11.2. The van der Waals surface area contributed by atoms with Gasteiger partial charge in [0.1, 0.15) is 0 Å². The van der Waals surface area contributed by atoms with Crippen LogP contribution < -0.4 is 20.2 Å². The molecule has 170 valence electrons. The Bertz CT molecular complexity index is 1120. The van der Waals surface area contributed by atoms with E-state index in [-0.39, 0.29) is 18.2 Å². The molecule has 0 unspecified atom stereocenters. The van der Waals surface area contributed by atoms with Crippen LogP contribution in [-0.4, -0.2) is 32.2 Å². The summed E-state index contributed by atoms with van der Waals surface area (Å²) >= 11 is 2.16. The molecule has 3 aromatic carbocycles. The van der Waals surface area contributed by atoms with Gasteiger partial charge in [-0.3, -0.25) is 9.59 Å². The van der Waals surface area contributed by atoms with Crippen LogP contribution in [0.15, 0.2) is 77.9 Å². The lowest BCUT2D eigenvalue weighted by Crippen LogP contribution is -2.32. The number of benzene rings is 3. The van der Waals surface area contributed by atoms with E-state index < -0.39 is 6.04 Å². The van der Waals surface area contributed by atoms with Crippen molar-refractivity contribution in [2.45, 2.75) is 12.5 Å². The maximum absolute atomic E-state index is 12.7. The number of nitrogens with one attached hydrogen (secondary N) is 2. The topological polar surface area (TPSA) is 89.0 Å². The summed E-state index contributed by atoms with van der Waals surface area (Å²) in [6, 6.07) is 21.4. The van der Waals surface area contributed by atoms with Gasteiger partial charge in [0.15, 0.2) is 11.5 Å². The summed E-state index contributed by atoms with van der Waals surface area (Å²) in [4.78, 5) is 25.3. The molecule has 0 saturated carbocycles. The summed E-state index contributed by atoms with van der Waals surface area (Å²) in [6.45, 7) is 0. The fraction of sp³-hybridized carbons (Fsp3) is 0.160. The predicted molar refractivity (Wildman–Crippen MR) is 136 cm³/mol. The molecule has 0 radical (unpaired) electrons. The molecule has 2 amide bonds. The van der Waals surface area contributed by atoms with Crippen molar-refractivity contribution in [3.63, 3.8) is 0 Å². The average Bonchev–Trinajstić information content (AvgIpc) is 2.85. The van der Waals surface area contributed by atoms with Crippen molar-refractivity contribution in [3.05, 3.63) is 93.1 Å². The molecule has 3 rings (SSSR count). The lowest BCUT2D eigenvalue weighted by Gasteiger charge is -2.18. The Balaban J connectivity index is 1.69. The summed E-state index contributed by atoms with van der Waals surface area (Å²) in [5.74, 6) is 0.603. The molecule has 0 aliphatic carbocycles. The highest BCUT2D eigenvalue weighted by Crippen LogP contribution is 2.30. The standard InChI is InChI=1S/C25H24IN3O4/c1-32-22-13-19(20(26)14-23(22)33-2)16-27-29-24(30)15-21(17-9-5-3-6-10-17)28-25(31)18-11-7-4-8-12-18/h3-14,16,21H,15H2,1-2H3,(H,28,31)(H,29,30)/b27-16-/t21-/m0/s1. The zero-order valence-electron chi connectivity index (χ0n) is 18.2. The van der Waals surface area contributed by atoms with Crippen LogP contribution >= 0.6 is 22.6 Å². The van der Waals surface area contributed by atoms with Gasteiger partial charge in [0.05, 0.1) is 32.9 Å². The average molecular weight is 557 g/mol. The fourth-order valence-electron chi connectivity index (χ4n) is 3.14. The largest absolute Gasteiger partial charge is 0.493 e. The number of nitrogens with zero attached hydrogens (tertiary/aromatic N) is 1. The second-order valence-corrected chi connectivity index (χ2v) is 8.19. The van der Waals surface area contributed by atoms with Crippen LogP contribution in [0.4, 0.5) is 0 Å². The number of ether oxygens (including phenoxy) is 2. The van der Waals surface area contributed by atoms with Gasteiger partial charge in [-0.05, 0) is 52.4 Å². The molecule has 0 saturated heterocycles. The van der Waals surface area contributed by atoms with Gasteiger partial charge in [-0.25, -0.2) is 5.43 Å². The lowest BCUT2D eigenvalue weighted by atomic mass is 10.0. The Morgan fingerprint density at radius 2 is 1.58 bits per heavy atom. The Morgan fingerprint density at radius 3 is 2.21 bits per heavy atom. The van der Waals surface area contributed by atoms with E-state index in [1.54, 1.807) is 50.8 Å². The summed E-state index contributed by atoms with van der Waals surface area (Å²) in [7, 11) is 3.13. The number of carbonyl (C=O) groups excluding carboxylic acids is 2. The van der Waals surface area contributed by atoms with E-state index in [1.807, 2.05) is 42.5 Å². The Kier molecular flexibility index (Phi) is 8.82. The quantitative estimate of drug-likeness (QED) is 0.233. The van der Waals surface area contributed by atoms with Crippen LogP contribution in [0.3, 0.4) is 0 Å². The summed E-state index contributed by atoms with van der Waals surface area (Å²) in [6.07, 6.45) is 1.57. The molecule has 1 atom stereocenters. The molecule has 0 aliphatic rings. The van der Waals surface area contributed by atoms with E-state index in [1.165, 1.54) is 0 Å². The lowest BCUT2D eigenvalue weighted by molar-refractivity contribution is -0.121. The number of amides is 2. The van der Waals surface area contributed by atoms with Crippen molar-refractivity contribution in [1.82, 2.24) is 10.7 Å². The molecule has 0 fully saturated rings. The molecule has 0 heterocycles. The minimum Gasteiger partial charge on any atom is -0.493 e.